The molecule has 1 aliphatic carbocycles. The standard InChI is InChI=1S/C19H29N3O2/c1-24-17-8-3-7-16(12-17)22-10-4-6-15(13-22)21-19(23)11-14-5-2-9-18(14)20/h3,7-8,12,14-15,18H,2,4-6,9-11,13,20H2,1H3,(H,21,23)/t14-,15?,18+/m0/s1. The fourth-order valence-corrected chi connectivity index (χ4v) is 3.98. The summed E-state index contributed by atoms with van der Waals surface area (Å²) in [5.74, 6) is 1.40. The summed E-state index contributed by atoms with van der Waals surface area (Å²) in [5.41, 5.74) is 7.24. The van der Waals surface area contributed by atoms with Crippen LogP contribution in [0.2, 0.25) is 0 Å². The molecule has 1 heterocycles. The lowest BCUT2D eigenvalue weighted by Gasteiger charge is -2.35. The van der Waals surface area contributed by atoms with Crippen molar-refractivity contribution >= 4 is 11.6 Å². The number of carbonyl (C=O) groups is 1. The second-order valence-electron chi connectivity index (χ2n) is 7.11. The molecule has 132 valence electrons. The molecule has 0 radical (unpaired) electrons. The Balaban J connectivity index is 1.54. The van der Waals surface area contributed by atoms with Crippen molar-refractivity contribution in [3.8, 4) is 5.75 Å². The van der Waals surface area contributed by atoms with Gasteiger partial charge in [-0.25, -0.2) is 0 Å². The third-order valence-corrected chi connectivity index (χ3v) is 5.37. The highest BCUT2D eigenvalue weighted by atomic mass is 16.5. The number of nitrogens with one attached hydrogen (secondary N) is 1. The summed E-state index contributed by atoms with van der Waals surface area (Å²) in [5, 5.41) is 3.23. The highest BCUT2D eigenvalue weighted by Gasteiger charge is 2.28. The second kappa shape index (κ2) is 7.88. The van der Waals surface area contributed by atoms with Gasteiger partial charge in [0.2, 0.25) is 5.91 Å². The van der Waals surface area contributed by atoms with Crippen molar-refractivity contribution in [2.75, 3.05) is 25.1 Å². The minimum absolute atomic E-state index is 0.162. The van der Waals surface area contributed by atoms with Crippen molar-refractivity contribution in [2.45, 2.75) is 50.6 Å². The van der Waals surface area contributed by atoms with Crippen LogP contribution >= 0.6 is 0 Å². The van der Waals surface area contributed by atoms with Crippen LogP contribution in [0.3, 0.4) is 0 Å². The van der Waals surface area contributed by atoms with Crippen molar-refractivity contribution in [3.63, 3.8) is 0 Å². The summed E-state index contributed by atoms with van der Waals surface area (Å²) >= 11 is 0. The summed E-state index contributed by atoms with van der Waals surface area (Å²) < 4.78 is 5.31. The minimum Gasteiger partial charge on any atom is -0.497 e. The van der Waals surface area contributed by atoms with Gasteiger partial charge in [0.25, 0.3) is 0 Å². The topological polar surface area (TPSA) is 67.6 Å². The zero-order valence-electron chi connectivity index (χ0n) is 14.5. The molecule has 5 heteroatoms. The first kappa shape index (κ1) is 17.1. The van der Waals surface area contributed by atoms with Crippen molar-refractivity contribution in [2.24, 2.45) is 11.7 Å². The maximum absolute atomic E-state index is 12.4. The Morgan fingerprint density at radius 1 is 1.33 bits per heavy atom. The van der Waals surface area contributed by atoms with Gasteiger partial charge in [-0.1, -0.05) is 12.5 Å². The number of hydrogen-bond donors (Lipinski definition) is 2. The van der Waals surface area contributed by atoms with Gasteiger partial charge in [-0.3, -0.25) is 4.79 Å². The molecule has 1 unspecified atom stereocenters. The molecule has 1 saturated carbocycles. The number of hydrogen-bond acceptors (Lipinski definition) is 4. The van der Waals surface area contributed by atoms with Gasteiger partial charge in [0.05, 0.1) is 7.11 Å². The summed E-state index contributed by atoms with van der Waals surface area (Å²) in [7, 11) is 1.69. The molecule has 0 spiro atoms. The lowest BCUT2D eigenvalue weighted by atomic mass is 9.99. The van der Waals surface area contributed by atoms with Gasteiger partial charge in [-0.15, -0.1) is 0 Å². The van der Waals surface area contributed by atoms with Crippen molar-refractivity contribution in [3.05, 3.63) is 24.3 Å². The van der Waals surface area contributed by atoms with E-state index in [-0.39, 0.29) is 18.0 Å². The van der Waals surface area contributed by atoms with Crippen LogP contribution in [0, 0.1) is 5.92 Å². The van der Waals surface area contributed by atoms with Crippen LogP contribution in [-0.2, 0) is 4.79 Å². The largest absolute Gasteiger partial charge is 0.497 e. The number of nitrogens with zero attached hydrogens (tertiary/aromatic N) is 1. The Kier molecular flexibility index (Phi) is 5.61. The zero-order valence-corrected chi connectivity index (χ0v) is 14.5. The first-order chi connectivity index (χ1) is 11.7. The van der Waals surface area contributed by atoms with Crippen LogP contribution in [0.25, 0.3) is 0 Å². The molecular weight excluding hydrogens is 302 g/mol. The minimum atomic E-state index is 0.162. The normalized spacial score (nSPS) is 27.1. The van der Waals surface area contributed by atoms with Gasteiger partial charge in [0.1, 0.15) is 5.75 Å². The molecule has 1 aromatic rings. The molecule has 1 aliphatic heterocycles. The van der Waals surface area contributed by atoms with E-state index in [1.807, 2.05) is 12.1 Å². The molecule has 0 aromatic heterocycles. The molecule has 1 aromatic carbocycles. The predicted octanol–water partition coefficient (Wildman–Crippen LogP) is 2.30. The van der Waals surface area contributed by atoms with E-state index in [0.717, 1.165) is 56.6 Å². The molecule has 2 aliphatic rings. The summed E-state index contributed by atoms with van der Waals surface area (Å²) in [6, 6.07) is 8.55. The monoisotopic (exact) mass is 331 g/mol. The Labute approximate surface area is 144 Å². The SMILES string of the molecule is COc1cccc(N2CCCC(NC(=O)C[C@@H]3CCC[C@H]3N)C2)c1. The summed E-state index contributed by atoms with van der Waals surface area (Å²) in [6.07, 6.45) is 6.02. The van der Waals surface area contributed by atoms with E-state index in [1.54, 1.807) is 7.11 Å². The van der Waals surface area contributed by atoms with Crippen LogP contribution in [-0.4, -0.2) is 38.2 Å². The number of piperidine rings is 1. The number of rotatable bonds is 5. The highest BCUT2D eigenvalue weighted by molar-refractivity contribution is 5.76. The molecule has 24 heavy (non-hydrogen) atoms. The molecule has 2 fully saturated rings. The van der Waals surface area contributed by atoms with Gasteiger partial charge >= 0.3 is 0 Å². The molecule has 1 amide bonds. The van der Waals surface area contributed by atoms with Gasteiger partial charge < -0.3 is 20.7 Å². The van der Waals surface area contributed by atoms with Crippen LogP contribution < -0.4 is 20.7 Å². The maximum atomic E-state index is 12.4. The van der Waals surface area contributed by atoms with Crippen molar-refractivity contribution in [1.29, 1.82) is 0 Å². The third-order valence-electron chi connectivity index (χ3n) is 5.37. The molecule has 3 N–H and O–H groups in total. The van der Waals surface area contributed by atoms with Crippen LogP contribution in [0.5, 0.6) is 5.75 Å². The number of carbonyl (C=O) groups excluding carboxylic acids is 1. The first-order valence-electron chi connectivity index (χ1n) is 9.09. The Morgan fingerprint density at radius 2 is 2.21 bits per heavy atom. The van der Waals surface area contributed by atoms with Crippen LogP contribution in [0.15, 0.2) is 24.3 Å². The van der Waals surface area contributed by atoms with E-state index in [2.05, 4.69) is 22.3 Å². The number of amides is 1. The summed E-state index contributed by atoms with van der Waals surface area (Å²) in [4.78, 5) is 14.7. The molecular formula is C19H29N3O2. The molecule has 1 saturated heterocycles. The van der Waals surface area contributed by atoms with E-state index < -0.39 is 0 Å². The molecule has 3 rings (SSSR count). The summed E-state index contributed by atoms with van der Waals surface area (Å²) in [6.45, 7) is 1.88. The van der Waals surface area contributed by atoms with Gasteiger partial charge in [0, 0.05) is 43.3 Å². The number of benzene rings is 1. The Bertz CT molecular complexity index is 563. The Hall–Kier alpha value is -1.75. The van der Waals surface area contributed by atoms with Gasteiger partial charge in [0.15, 0.2) is 0 Å². The number of ether oxygens (including phenoxy) is 1. The predicted molar refractivity (Wildman–Crippen MR) is 96.3 cm³/mol. The van der Waals surface area contributed by atoms with E-state index >= 15 is 0 Å². The van der Waals surface area contributed by atoms with E-state index in [0.29, 0.717) is 12.3 Å². The quantitative estimate of drug-likeness (QED) is 0.869. The van der Waals surface area contributed by atoms with Crippen molar-refractivity contribution in [1.82, 2.24) is 5.32 Å². The van der Waals surface area contributed by atoms with Crippen LogP contribution in [0.4, 0.5) is 5.69 Å². The number of methoxy groups -OCH3 is 1. The smallest absolute Gasteiger partial charge is 0.220 e. The fourth-order valence-electron chi connectivity index (χ4n) is 3.98. The first-order valence-corrected chi connectivity index (χ1v) is 9.09. The average Bonchev–Trinajstić information content (AvgIpc) is 3.00. The van der Waals surface area contributed by atoms with E-state index in [4.69, 9.17) is 10.5 Å². The lowest BCUT2D eigenvalue weighted by Crippen LogP contribution is -2.48. The van der Waals surface area contributed by atoms with Crippen LogP contribution in [0.1, 0.15) is 38.5 Å². The maximum Gasteiger partial charge on any atom is 0.220 e. The zero-order chi connectivity index (χ0) is 16.9. The molecule has 0 bridgehead atoms. The van der Waals surface area contributed by atoms with Gasteiger partial charge in [-0.2, -0.15) is 0 Å². The van der Waals surface area contributed by atoms with E-state index in [1.165, 1.54) is 0 Å². The van der Waals surface area contributed by atoms with Crippen molar-refractivity contribution < 1.29 is 9.53 Å². The number of nitrogens with two attached hydrogens (primary N) is 1. The third kappa shape index (κ3) is 4.20. The lowest BCUT2D eigenvalue weighted by molar-refractivity contribution is -0.122. The molecule has 3 atom stereocenters. The van der Waals surface area contributed by atoms with Gasteiger partial charge in [-0.05, 0) is 43.7 Å². The highest BCUT2D eigenvalue weighted by Crippen LogP contribution is 2.27. The average molecular weight is 331 g/mol. The number of anilines is 1. The second-order valence-corrected chi connectivity index (χ2v) is 7.11. The molecule has 5 nitrogen and oxygen atoms in total. The van der Waals surface area contributed by atoms with E-state index in [9.17, 15) is 4.79 Å². The fraction of sp³-hybridized carbons (Fsp3) is 0.632. The Morgan fingerprint density at radius 3 is 2.96 bits per heavy atom.